The van der Waals surface area contributed by atoms with Crippen LogP contribution in [0.5, 0.6) is 0 Å². The fourth-order valence-corrected chi connectivity index (χ4v) is 6.63. The van der Waals surface area contributed by atoms with Crippen LogP contribution >= 0.6 is 0 Å². The van der Waals surface area contributed by atoms with Gasteiger partial charge in [-0.1, -0.05) is 103 Å². The molecule has 0 fully saturated rings. The molecule has 1 aliphatic carbocycles. The van der Waals surface area contributed by atoms with Crippen molar-refractivity contribution in [3.63, 3.8) is 0 Å². The molecule has 0 saturated carbocycles. The molecule has 0 saturated heterocycles. The highest BCUT2D eigenvalue weighted by molar-refractivity contribution is 6.21. The third kappa shape index (κ3) is 3.73. The number of imidazole rings is 1. The number of amides is 2. The van der Waals surface area contributed by atoms with Gasteiger partial charge in [0, 0.05) is 12.2 Å². The number of fused-ring (bicyclic) bond motifs is 2. The molecule has 1 unspecified atom stereocenters. The maximum atomic E-state index is 13.0. The largest absolute Gasteiger partial charge is 0.316 e. The monoisotopic (exact) mass is 523 g/mol. The Hall–Kier alpha value is -4.77. The van der Waals surface area contributed by atoms with Crippen molar-refractivity contribution in [3.8, 4) is 0 Å². The van der Waals surface area contributed by atoms with Gasteiger partial charge in [0.25, 0.3) is 11.8 Å². The zero-order valence-corrected chi connectivity index (χ0v) is 22.1. The number of hydrogen-bond acceptors (Lipinski definition) is 3. The molecule has 196 valence electrons. The summed E-state index contributed by atoms with van der Waals surface area (Å²) in [7, 11) is 0. The summed E-state index contributed by atoms with van der Waals surface area (Å²) in [5.41, 5.74) is 6.16. The van der Waals surface area contributed by atoms with E-state index in [9.17, 15) is 9.59 Å². The molecule has 5 nitrogen and oxygen atoms in total. The smallest absolute Gasteiger partial charge is 0.261 e. The molecule has 1 aliphatic heterocycles. The lowest BCUT2D eigenvalue weighted by Crippen LogP contribution is -2.40. The minimum Gasteiger partial charge on any atom is -0.316 e. The number of aromatic nitrogens is 2. The summed E-state index contributed by atoms with van der Waals surface area (Å²) in [5.74, 6) is -0.209. The summed E-state index contributed by atoms with van der Waals surface area (Å²) >= 11 is 0. The predicted octanol–water partition coefficient (Wildman–Crippen LogP) is 6.12. The second-order valence-corrected chi connectivity index (χ2v) is 10.7. The van der Waals surface area contributed by atoms with E-state index in [4.69, 9.17) is 4.98 Å². The lowest BCUT2D eigenvalue weighted by molar-refractivity contribution is 0.0624. The Labute approximate surface area is 233 Å². The van der Waals surface area contributed by atoms with Crippen LogP contribution in [0.2, 0.25) is 0 Å². The first-order chi connectivity index (χ1) is 19.7. The molecular weight excluding hydrogens is 494 g/mol. The minimum atomic E-state index is -0.597. The van der Waals surface area contributed by atoms with Crippen LogP contribution < -0.4 is 0 Å². The molecule has 5 aromatic rings. The number of benzene rings is 4. The quantitative estimate of drug-likeness (QED) is 0.199. The molecule has 0 spiro atoms. The van der Waals surface area contributed by atoms with E-state index in [1.54, 1.807) is 12.1 Å². The van der Waals surface area contributed by atoms with Crippen molar-refractivity contribution in [1.29, 1.82) is 0 Å². The van der Waals surface area contributed by atoms with Gasteiger partial charge in [0.15, 0.2) is 0 Å². The molecule has 7 rings (SSSR count). The van der Waals surface area contributed by atoms with Gasteiger partial charge in [-0.2, -0.15) is 0 Å². The summed E-state index contributed by atoms with van der Waals surface area (Å²) in [6.45, 7) is 0.417. The third-order valence-electron chi connectivity index (χ3n) is 8.48. The Morgan fingerprint density at radius 3 is 1.65 bits per heavy atom. The maximum absolute atomic E-state index is 13.0. The normalized spacial score (nSPS) is 16.6. The van der Waals surface area contributed by atoms with Crippen LogP contribution in [0.3, 0.4) is 0 Å². The van der Waals surface area contributed by atoms with Crippen molar-refractivity contribution in [3.05, 3.63) is 161 Å². The van der Waals surface area contributed by atoms with E-state index < -0.39 is 5.54 Å². The van der Waals surface area contributed by atoms with Gasteiger partial charge in [0.05, 0.1) is 23.1 Å². The Balaban J connectivity index is 1.29. The predicted molar refractivity (Wildman–Crippen MR) is 154 cm³/mol. The summed E-state index contributed by atoms with van der Waals surface area (Å²) in [5, 5.41) is 0. The maximum Gasteiger partial charge on any atom is 0.261 e. The molecule has 2 aliphatic rings. The molecule has 5 heteroatoms. The van der Waals surface area contributed by atoms with Gasteiger partial charge in [-0.3, -0.25) is 14.5 Å². The zero-order chi connectivity index (χ0) is 27.1. The average molecular weight is 524 g/mol. The Morgan fingerprint density at radius 1 is 0.675 bits per heavy atom. The molecule has 2 amide bonds. The number of imide groups is 1. The van der Waals surface area contributed by atoms with E-state index in [2.05, 4.69) is 95.6 Å². The molecule has 0 bridgehead atoms. The zero-order valence-electron chi connectivity index (χ0n) is 22.1. The molecule has 1 atom stereocenters. The van der Waals surface area contributed by atoms with Gasteiger partial charge >= 0.3 is 0 Å². The summed E-state index contributed by atoms with van der Waals surface area (Å²) in [4.78, 5) is 32.4. The first-order valence-corrected chi connectivity index (χ1v) is 13.9. The highest BCUT2D eigenvalue weighted by Crippen LogP contribution is 2.43. The molecule has 0 N–H and O–H groups in total. The Kier molecular flexibility index (Phi) is 5.93. The van der Waals surface area contributed by atoms with Crippen LogP contribution in [0.1, 0.15) is 55.2 Å². The average Bonchev–Trinajstić information content (AvgIpc) is 3.54. The second-order valence-electron chi connectivity index (χ2n) is 10.7. The second kappa shape index (κ2) is 9.76. The van der Waals surface area contributed by atoms with Crippen LogP contribution in [-0.4, -0.2) is 32.8 Å². The van der Waals surface area contributed by atoms with Crippen LogP contribution in [0.15, 0.2) is 122 Å². The Bertz CT molecular complexity index is 1560. The van der Waals surface area contributed by atoms with E-state index >= 15 is 0 Å². The van der Waals surface area contributed by atoms with Crippen LogP contribution in [0.25, 0.3) is 0 Å². The van der Waals surface area contributed by atoms with Crippen LogP contribution in [-0.2, 0) is 18.4 Å². The van der Waals surface area contributed by atoms with Crippen molar-refractivity contribution in [2.45, 2.75) is 24.8 Å². The number of hydrogen-bond donors (Lipinski definition) is 0. The van der Waals surface area contributed by atoms with Gasteiger partial charge < -0.3 is 4.57 Å². The summed E-state index contributed by atoms with van der Waals surface area (Å²) in [6, 6.07) is 39.0. The SMILES string of the molecule is O=C1c2ccccc2C(=O)N1CC1CCc2c(ncn2C(c2ccccc2)(c2ccccc2)c2ccccc2)C1. The molecule has 0 radical (unpaired) electrons. The topological polar surface area (TPSA) is 55.2 Å². The van der Waals surface area contributed by atoms with E-state index in [1.165, 1.54) is 27.3 Å². The van der Waals surface area contributed by atoms with E-state index in [0.717, 1.165) is 25.0 Å². The number of carbonyl (C=O) groups excluding carboxylic acids is 2. The van der Waals surface area contributed by atoms with Crippen molar-refractivity contribution >= 4 is 11.8 Å². The number of nitrogens with zero attached hydrogens (tertiary/aromatic N) is 3. The fourth-order valence-electron chi connectivity index (χ4n) is 6.63. The molecule has 40 heavy (non-hydrogen) atoms. The fraction of sp³-hybridized carbons (Fsp3) is 0.171. The van der Waals surface area contributed by atoms with Crippen molar-refractivity contribution in [2.24, 2.45) is 5.92 Å². The van der Waals surface area contributed by atoms with Gasteiger partial charge in [-0.15, -0.1) is 0 Å². The van der Waals surface area contributed by atoms with Gasteiger partial charge in [0.2, 0.25) is 0 Å². The molecule has 1 aromatic heterocycles. The first-order valence-electron chi connectivity index (χ1n) is 13.9. The Morgan fingerprint density at radius 2 is 1.15 bits per heavy atom. The van der Waals surface area contributed by atoms with E-state index in [0.29, 0.717) is 17.7 Å². The lowest BCUT2D eigenvalue weighted by Gasteiger charge is -2.39. The molecule has 4 aromatic carbocycles. The summed E-state index contributed by atoms with van der Waals surface area (Å²) in [6.07, 6.45) is 4.41. The highest BCUT2D eigenvalue weighted by Gasteiger charge is 2.42. The van der Waals surface area contributed by atoms with Gasteiger partial charge in [0.1, 0.15) is 5.54 Å². The van der Waals surface area contributed by atoms with Crippen LogP contribution in [0, 0.1) is 5.92 Å². The number of rotatable bonds is 6. The van der Waals surface area contributed by atoms with Gasteiger partial charge in [-0.25, -0.2) is 4.98 Å². The standard InChI is InChI=1S/C35H29N3O2/c39-33-29-18-10-11-19-30(29)34(40)37(33)23-25-20-21-32-31(22-25)36-24-38(32)35(26-12-4-1-5-13-26,27-14-6-2-7-15-27)28-16-8-3-9-17-28/h1-19,24-25H,20-23H2. The highest BCUT2D eigenvalue weighted by atomic mass is 16.2. The van der Waals surface area contributed by atoms with E-state index in [1.807, 2.05) is 18.5 Å². The van der Waals surface area contributed by atoms with Crippen LogP contribution in [0.4, 0.5) is 0 Å². The lowest BCUT2D eigenvalue weighted by atomic mass is 9.76. The summed E-state index contributed by atoms with van der Waals surface area (Å²) < 4.78 is 2.36. The van der Waals surface area contributed by atoms with E-state index in [-0.39, 0.29) is 17.7 Å². The molecule has 2 heterocycles. The van der Waals surface area contributed by atoms with Crippen molar-refractivity contribution in [1.82, 2.24) is 14.5 Å². The minimum absolute atomic E-state index is 0.164. The van der Waals surface area contributed by atoms with Gasteiger partial charge in [-0.05, 0) is 54.0 Å². The first kappa shape index (κ1) is 24.3. The van der Waals surface area contributed by atoms with Crippen molar-refractivity contribution in [2.75, 3.05) is 6.54 Å². The molecular formula is C35H29N3O2. The third-order valence-corrected chi connectivity index (χ3v) is 8.48. The van der Waals surface area contributed by atoms with Crippen molar-refractivity contribution < 1.29 is 9.59 Å². The number of carbonyl (C=O) groups is 2.